The van der Waals surface area contributed by atoms with Gasteiger partial charge >= 0.3 is 0 Å². The second-order valence-corrected chi connectivity index (χ2v) is 5.12. The molecule has 1 aromatic heterocycles. The summed E-state index contributed by atoms with van der Waals surface area (Å²) in [6.07, 6.45) is 0.490. The quantitative estimate of drug-likeness (QED) is 0.573. The van der Waals surface area contributed by atoms with Gasteiger partial charge in [-0.05, 0) is 0 Å². The van der Waals surface area contributed by atoms with Gasteiger partial charge in [-0.3, -0.25) is 10.1 Å². The highest BCUT2D eigenvalue weighted by Crippen LogP contribution is 2.27. The first-order chi connectivity index (χ1) is 6.41. The van der Waals surface area contributed by atoms with Crippen LogP contribution in [0.25, 0.3) is 0 Å². The van der Waals surface area contributed by atoms with Gasteiger partial charge in [0.1, 0.15) is 0 Å². The fourth-order valence-corrected chi connectivity index (χ4v) is 2.22. The van der Waals surface area contributed by atoms with Crippen LogP contribution in [0.2, 0.25) is 0 Å². The normalized spacial score (nSPS) is 11.6. The molecule has 0 aromatic carbocycles. The Morgan fingerprint density at radius 3 is 2.71 bits per heavy atom. The second-order valence-electron chi connectivity index (χ2n) is 4.18. The molecule has 5 heteroatoms. The molecular weight excluding hydrogens is 200 g/mol. The summed E-state index contributed by atoms with van der Waals surface area (Å²) in [5.41, 5.74) is 2.73. The van der Waals surface area contributed by atoms with Gasteiger partial charge in [0.15, 0.2) is 0 Å². The third-order valence-corrected chi connectivity index (χ3v) is 2.77. The van der Waals surface area contributed by atoms with Crippen molar-refractivity contribution in [2.24, 2.45) is 0 Å². The highest BCUT2D eigenvalue weighted by molar-refractivity contribution is 7.09. The van der Waals surface area contributed by atoms with E-state index < -0.39 is 0 Å². The summed E-state index contributed by atoms with van der Waals surface area (Å²) < 4.78 is 0. The van der Waals surface area contributed by atoms with Crippen LogP contribution in [0.4, 0.5) is 0 Å². The molecule has 0 amide bonds. The maximum absolute atomic E-state index is 10.2. The highest BCUT2D eigenvalue weighted by atomic mass is 32.1. The lowest BCUT2D eigenvalue weighted by molar-refractivity contribution is -0.479. The minimum Gasteiger partial charge on any atom is -0.265 e. The van der Waals surface area contributed by atoms with Crippen LogP contribution >= 0.6 is 11.3 Å². The molecule has 0 fully saturated rings. The Labute approximate surface area is 87.1 Å². The molecule has 0 bridgehead atoms. The largest absolute Gasteiger partial charge is 0.265 e. The van der Waals surface area contributed by atoms with E-state index in [1.54, 1.807) is 5.51 Å². The molecule has 0 spiro atoms. The number of hydrogen-bond donors (Lipinski definition) is 0. The lowest BCUT2D eigenvalue weighted by atomic mass is 9.91. The predicted octanol–water partition coefficient (Wildman–Crippen LogP) is 2.26. The van der Waals surface area contributed by atoms with Crippen molar-refractivity contribution in [3.05, 3.63) is 26.2 Å². The lowest BCUT2D eigenvalue weighted by Crippen LogP contribution is -2.15. The zero-order chi connectivity index (χ0) is 10.8. The number of thiazole rings is 1. The predicted molar refractivity (Wildman–Crippen MR) is 56.4 cm³/mol. The first kappa shape index (κ1) is 11.1. The van der Waals surface area contributed by atoms with Crippen LogP contribution in [-0.2, 0) is 11.8 Å². The SMILES string of the molecule is CC(C)(C)c1ncsc1CC[N+](=O)[O-]. The Morgan fingerprint density at radius 2 is 2.21 bits per heavy atom. The lowest BCUT2D eigenvalue weighted by Gasteiger charge is -2.16. The zero-order valence-electron chi connectivity index (χ0n) is 8.61. The van der Waals surface area contributed by atoms with E-state index in [2.05, 4.69) is 25.8 Å². The second kappa shape index (κ2) is 4.04. The van der Waals surface area contributed by atoms with E-state index in [1.165, 1.54) is 11.3 Å². The van der Waals surface area contributed by atoms with Crippen LogP contribution in [0, 0.1) is 10.1 Å². The average Bonchev–Trinajstić information content (AvgIpc) is 2.46. The van der Waals surface area contributed by atoms with Gasteiger partial charge in [-0.2, -0.15) is 0 Å². The molecule has 0 aliphatic rings. The maximum atomic E-state index is 10.2. The minimum atomic E-state index is -0.286. The molecular formula is C9H14N2O2S. The molecule has 78 valence electrons. The van der Waals surface area contributed by atoms with Crippen LogP contribution < -0.4 is 0 Å². The van der Waals surface area contributed by atoms with E-state index in [0.717, 1.165) is 10.6 Å². The summed E-state index contributed by atoms with van der Waals surface area (Å²) in [6.45, 7) is 6.19. The molecule has 0 aliphatic heterocycles. The van der Waals surface area contributed by atoms with Crippen molar-refractivity contribution in [1.29, 1.82) is 0 Å². The number of aromatic nitrogens is 1. The molecule has 0 aliphatic carbocycles. The third kappa shape index (κ3) is 2.77. The average molecular weight is 214 g/mol. The summed E-state index contributed by atoms with van der Waals surface area (Å²) in [5, 5.41) is 10.2. The molecule has 1 aromatic rings. The molecule has 14 heavy (non-hydrogen) atoms. The van der Waals surface area contributed by atoms with E-state index >= 15 is 0 Å². The topological polar surface area (TPSA) is 56.0 Å². The van der Waals surface area contributed by atoms with Crippen LogP contribution in [0.5, 0.6) is 0 Å². The summed E-state index contributed by atoms with van der Waals surface area (Å²) in [5.74, 6) is 0. The number of nitrogens with zero attached hydrogens (tertiary/aromatic N) is 2. The summed E-state index contributed by atoms with van der Waals surface area (Å²) >= 11 is 1.50. The first-order valence-electron chi connectivity index (χ1n) is 4.46. The van der Waals surface area contributed by atoms with Gasteiger partial charge in [-0.1, -0.05) is 20.8 Å². The van der Waals surface area contributed by atoms with E-state index in [0.29, 0.717) is 6.42 Å². The summed E-state index contributed by atoms with van der Waals surface area (Å²) in [4.78, 5) is 15.3. The van der Waals surface area contributed by atoms with E-state index in [-0.39, 0.29) is 16.9 Å². The Hall–Kier alpha value is -0.970. The molecule has 0 saturated carbocycles. The standard InChI is InChI=1S/C9H14N2O2S/c1-9(2,3)8-7(14-6-10-8)4-5-11(12)13/h6H,4-5H2,1-3H3. The van der Waals surface area contributed by atoms with Crippen molar-refractivity contribution in [2.45, 2.75) is 32.6 Å². The Kier molecular flexibility index (Phi) is 3.21. The van der Waals surface area contributed by atoms with E-state index in [1.807, 2.05) is 0 Å². The Morgan fingerprint density at radius 1 is 1.57 bits per heavy atom. The third-order valence-electron chi connectivity index (χ3n) is 1.87. The maximum Gasteiger partial charge on any atom is 0.208 e. The van der Waals surface area contributed by atoms with Gasteiger partial charge in [0.25, 0.3) is 0 Å². The van der Waals surface area contributed by atoms with Crippen molar-refractivity contribution in [3.63, 3.8) is 0 Å². The van der Waals surface area contributed by atoms with Crippen molar-refractivity contribution in [2.75, 3.05) is 6.54 Å². The Balaban J connectivity index is 2.78. The zero-order valence-corrected chi connectivity index (χ0v) is 9.43. The van der Waals surface area contributed by atoms with Gasteiger partial charge in [0, 0.05) is 21.6 Å². The van der Waals surface area contributed by atoms with Crippen LogP contribution in [0.3, 0.4) is 0 Å². The van der Waals surface area contributed by atoms with E-state index in [4.69, 9.17) is 0 Å². The fourth-order valence-electron chi connectivity index (χ4n) is 1.25. The molecule has 0 radical (unpaired) electrons. The molecule has 0 saturated heterocycles. The monoisotopic (exact) mass is 214 g/mol. The van der Waals surface area contributed by atoms with E-state index in [9.17, 15) is 10.1 Å². The van der Waals surface area contributed by atoms with Gasteiger partial charge < -0.3 is 0 Å². The van der Waals surface area contributed by atoms with Crippen LogP contribution in [-0.4, -0.2) is 16.5 Å². The minimum absolute atomic E-state index is 0.00866. The molecule has 1 rings (SSSR count). The summed E-state index contributed by atoms with van der Waals surface area (Å²) in [6, 6.07) is 0. The van der Waals surface area contributed by atoms with Crippen LogP contribution in [0.1, 0.15) is 31.3 Å². The number of hydrogen-bond acceptors (Lipinski definition) is 4. The number of rotatable bonds is 3. The molecule has 0 unspecified atom stereocenters. The smallest absolute Gasteiger partial charge is 0.208 e. The molecule has 1 heterocycles. The molecule has 0 N–H and O–H groups in total. The fraction of sp³-hybridized carbons (Fsp3) is 0.667. The van der Waals surface area contributed by atoms with Gasteiger partial charge in [-0.15, -0.1) is 11.3 Å². The van der Waals surface area contributed by atoms with Crippen molar-refractivity contribution in [3.8, 4) is 0 Å². The first-order valence-corrected chi connectivity index (χ1v) is 5.34. The number of nitro groups is 1. The van der Waals surface area contributed by atoms with Gasteiger partial charge in [0.2, 0.25) is 6.54 Å². The van der Waals surface area contributed by atoms with Gasteiger partial charge in [0.05, 0.1) is 11.2 Å². The van der Waals surface area contributed by atoms with Crippen molar-refractivity contribution in [1.82, 2.24) is 4.98 Å². The van der Waals surface area contributed by atoms with Crippen LogP contribution in [0.15, 0.2) is 5.51 Å². The van der Waals surface area contributed by atoms with Gasteiger partial charge in [-0.25, -0.2) is 4.98 Å². The highest BCUT2D eigenvalue weighted by Gasteiger charge is 2.21. The molecule has 4 nitrogen and oxygen atoms in total. The molecule has 0 atom stereocenters. The van der Waals surface area contributed by atoms with Crippen molar-refractivity contribution < 1.29 is 4.92 Å². The Bertz CT molecular complexity index is 328. The summed E-state index contributed by atoms with van der Waals surface area (Å²) in [7, 11) is 0. The van der Waals surface area contributed by atoms with Crippen molar-refractivity contribution >= 4 is 11.3 Å².